The van der Waals surface area contributed by atoms with Crippen molar-refractivity contribution >= 4 is 33.5 Å². The molecule has 0 fully saturated rings. The Morgan fingerprint density at radius 3 is 2.74 bits per heavy atom. The van der Waals surface area contributed by atoms with Gasteiger partial charge in [0.15, 0.2) is 0 Å². The number of hydrogen-bond acceptors (Lipinski definition) is 4. The summed E-state index contributed by atoms with van der Waals surface area (Å²) in [7, 11) is 0. The van der Waals surface area contributed by atoms with Crippen LogP contribution in [-0.4, -0.2) is 21.0 Å². The van der Waals surface area contributed by atoms with Crippen molar-refractivity contribution in [2.75, 3.05) is 5.32 Å². The van der Waals surface area contributed by atoms with Gasteiger partial charge < -0.3 is 10.4 Å². The number of hydrogen-bond donors (Lipinski definition) is 2. The smallest absolute Gasteiger partial charge is 0.339 e. The van der Waals surface area contributed by atoms with Gasteiger partial charge in [0.25, 0.3) is 0 Å². The Morgan fingerprint density at radius 2 is 2.11 bits per heavy atom. The highest BCUT2D eigenvalue weighted by atomic mass is 79.9. The topological polar surface area (TPSA) is 75.1 Å². The van der Waals surface area contributed by atoms with Gasteiger partial charge in [0, 0.05) is 10.7 Å². The summed E-state index contributed by atoms with van der Waals surface area (Å²) in [6.45, 7) is 3.62. The van der Waals surface area contributed by atoms with E-state index < -0.39 is 5.97 Å². The van der Waals surface area contributed by atoms with Crippen molar-refractivity contribution in [2.45, 2.75) is 13.8 Å². The molecule has 19 heavy (non-hydrogen) atoms. The Labute approximate surface area is 118 Å². The highest BCUT2D eigenvalue weighted by molar-refractivity contribution is 9.10. The lowest BCUT2D eigenvalue weighted by atomic mass is 10.2. The summed E-state index contributed by atoms with van der Waals surface area (Å²) in [5.74, 6) is -0.658. The van der Waals surface area contributed by atoms with E-state index in [9.17, 15) is 4.79 Å². The van der Waals surface area contributed by atoms with Gasteiger partial charge in [0.2, 0.25) is 5.95 Å². The van der Waals surface area contributed by atoms with Gasteiger partial charge in [-0.15, -0.1) is 0 Å². The monoisotopic (exact) mass is 321 g/mol. The number of carbonyl (C=O) groups is 1. The van der Waals surface area contributed by atoms with Crippen LogP contribution in [0.2, 0.25) is 0 Å². The van der Waals surface area contributed by atoms with Crippen LogP contribution in [0.25, 0.3) is 0 Å². The SMILES string of the molecule is Cc1cccc(Nc2ncc(C(=O)O)c(C)n2)c1Br. The van der Waals surface area contributed by atoms with Gasteiger partial charge in [-0.05, 0) is 41.4 Å². The molecule has 0 aliphatic carbocycles. The number of nitrogens with zero attached hydrogens (tertiary/aromatic N) is 2. The number of halogens is 1. The average Bonchev–Trinajstić information content (AvgIpc) is 2.34. The van der Waals surface area contributed by atoms with Crippen LogP contribution in [0.15, 0.2) is 28.9 Å². The second-order valence-electron chi connectivity index (χ2n) is 4.06. The summed E-state index contributed by atoms with van der Waals surface area (Å²) >= 11 is 3.48. The maximum Gasteiger partial charge on any atom is 0.339 e. The van der Waals surface area contributed by atoms with Gasteiger partial charge in [0.05, 0.1) is 16.9 Å². The number of carboxylic acids is 1. The van der Waals surface area contributed by atoms with E-state index in [4.69, 9.17) is 5.11 Å². The van der Waals surface area contributed by atoms with Crippen molar-refractivity contribution in [1.29, 1.82) is 0 Å². The van der Waals surface area contributed by atoms with E-state index in [0.29, 0.717) is 11.6 Å². The largest absolute Gasteiger partial charge is 0.478 e. The predicted octanol–water partition coefficient (Wildman–Crippen LogP) is 3.30. The van der Waals surface area contributed by atoms with Gasteiger partial charge in [-0.2, -0.15) is 0 Å². The first kappa shape index (κ1) is 13.5. The van der Waals surface area contributed by atoms with Crippen LogP contribution in [0, 0.1) is 13.8 Å². The maximum atomic E-state index is 10.9. The fourth-order valence-corrected chi connectivity index (χ4v) is 1.97. The van der Waals surface area contributed by atoms with Crippen LogP contribution in [-0.2, 0) is 0 Å². The van der Waals surface area contributed by atoms with E-state index in [1.807, 2.05) is 25.1 Å². The minimum Gasteiger partial charge on any atom is -0.478 e. The van der Waals surface area contributed by atoms with Gasteiger partial charge in [0.1, 0.15) is 0 Å². The summed E-state index contributed by atoms with van der Waals surface area (Å²) < 4.78 is 0.929. The van der Waals surface area contributed by atoms with Crippen molar-refractivity contribution in [2.24, 2.45) is 0 Å². The lowest BCUT2D eigenvalue weighted by Gasteiger charge is -2.09. The van der Waals surface area contributed by atoms with E-state index in [-0.39, 0.29) is 5.56 Å². The molecule has 0 aliphatic heterocycles. The highest BCUT2D eigenvalue weighted by Crippen LogP contribution is 2.27. The summed E-state index contributed by atoms with van der Waals surface area (Å²) in [4.78, 5) is 19.0. The Morgan fingerprint density at radius 1 is 1.37 bits per heavy atom. The zero-order valence-electron chi connectivity index (χ0n) is 10.4. The Kier molecular flexibility index (Phi) is 3.80. The molecule has 2 rings (SSSR count). The molecular weight excluding hydrogens is 310 g/mol. The molecule has 0 radical (unpaired) electrons. The fraction of sp³-hybridized carbons (Fsp3) is 0.154. The number of benzene rings is 1. The number of nitrogens with one attached hydrogen (secondary N) is 1. The molecule has 0 bridgehead atoms. The summed E-state index contributed by atoms with van der Waals surface area (Å²) in [5.41, 5.74) is 2.45. The van der Waals surface area contributed by atoms with Gasteiger partial charge >= 0.3 is 5.97 Å². The number of aryl methyl sites for hydroxylation is 2. The van der Waals surface area contributed by atoms with Crippen LogP contribution < -0.4 is 5.32 Å². The molecule has 0 spiro atoms. The summed E-state index contributed by atoms with van der Waals surface area (Å²) in [6.07, 6.45) is 1.30. The van der Waals surface area contributed by atoms with Crippen LogP contribution in [0.5, 0.6) is 0 Å². The van der Waals surface area contributed by atoms with Crippen molar-refractivity contribution in [3.63, 3.8) is 0 Å². The molecule has 0 unspecified atom stereocenters. The van der Waals surface area contributed by atoms with E-state index in [1.54, 1.807) is 6.92 Å². The molecule has 2 aromatic rings. The second-order valence-corrected chi connectivity index (χ2v) is 4.85. The Balaban J connectivity index is 2.32. The first-order chi connectivity index (χ1) is 8.99. The molecule has 2 N–H and O–H groups in total. The van der Waals surface area contributed by atoms with Gasteiger partial charge in [-0.25, -0.2) is 14.8 Å². The van der Waals surface area contributed by atoms with Crippen molar-refractivity contribution < 1.29 is 9.90 Å². The number of rotatable bonds is 3. The number of aromatic carboxylic acids is 1. The van der Waals surface area contributed by atoms with E-state index >= 15 is 0 Å². The van der Waals surface area contributed by atoms with E-state index in [2.05, 4.69) is 31.2 Å². The third-order valence-electron chi connectivity index (χ3n) is 2.65. The number of aromatic nitrogens is 2. The molecule has 0 amide bonds. The van der Waals surface area contributed by atoms with E-state index in [0.717, 1.165) is 15.7 Å². The molecule has 0 atom stereocenters. The molecule has 0 saturated heterocycles. The highest BCUT2D eigenvalue weighted by Gasteiger charge is 2.10. The molecule has 5 nitrogen and oxygen atoms in total. The van der Waals surface area contributed by atoms with Crippen molar-refractivity contribution in [3.8, 4) is 0 Å². The van der Waals surface area contributed by atoms with Crippen LogP contribution in [0.4, 0.5) is 11.6 Å². The molecular formula is C13H12BrN3O2. The van der Waals surface area contributed by atoms with Gasteiger partial charge in [-0.1, -0.05) is 12.1 Å². The minimum atomic E-state index is -1.03. The lowest BCUT2D eigenvalue weighted by molar-refractivity contribution is 0.0695. The summed E-state index contributed by atoms with van der Waals surface area (Å²) in [5, 5.41) is 12.0. The lowest BCUT2D eigenvalue weighted by Crippen LogP contribution is -2.06. The molecule has 0 saturated carbocycles. The predicted molar refractivity (Wildman–Crippen MR) is 75.9 cm³/mol. The third kappa shape index (κ3) is 2.90. The second kappa shape index (κ2) is 5.36. The van der Waals surface area contributed by atoms with Crippen molar-refractivity contribution in [1.82, 2.24) is 9.97 Å². The van der Waals surface area contributed by atoms with Crippen LogP contribution in [0.3, 0.4) is 0 Å². The zero-order valence-corrected chi connectivity index (χ0v) is 12.0. The molecule has 6 heteroatoms. The molecule has 1 aromatic heterocycles. The number of carboxylic acid groups (broad SMARTS) is 1. The normalized spacial score (nSPS) is 10.3. The minimum absolute atomic E-state index is 0.105. The van der Waals surface area contributed by atoms with Crippen molar-refractivity contribution in [3.05, 3.63) is 45.7 Å². The molecule has 98 valence electrons. The fourth-order valence-electron chi connectivity index (χ4n) is 1.60. The quantitative estimate of drug-likeness (QED) is 0.907. The first-order valence-electron chi connectivity index (χ1n) is 5.58. The third-order valence-corrected chi connectivity index (χ3v) is 3.70. The Hall–Kier alpha value is -1.95. The standard InChI is InChI=1S/C13H12BrN3O2/c1-7-4-3-5-10(11(7)14)17-13-15-6-9(12(18)19)8(2)16-13/h3-6H,1-2H3,(H,18,19)(H,15,16,17). The average molecular weight is 322 g/mol. The van der Waals surface area contributed by atoms with Crippen LogP contribution in [0.1, 0.15) is 21.6 Å². The maximum absolute atomic E-state index is 10.9. The Bertz CT molecular complexity index is 644. The molecule has 1 aromatic carbocycles. The van der Waals surface area contributed by atoms with Gasteiger partial charge in [-0.3, -0.25) is 0 Å². The molecule has 1 heterocycles. The first-order valence-corrected chi connectivity index (χ1v) is 6.37. The molecule has 0 aliphatic rings. The van der Waals surface area contributed by atoms with E-state index in [1.165, 1.54) is 6.20 Å². The summed E-state index contributed by atoms with van der Waals surface area (Å²) in [6, 6.07) is 5.79. The zero-order chi connectivity index (χ0) is 14.0. The van der Waals surface area contributed by atoms with Crippen LogP contribution >= 0.6 is 15.9 Å². The number of anilines is 2.